The fourth-order valence-corrected chi connectivity index (χ4v) is 2.78. The molecule has 1 unspecified atom stereocenters. The number of hydrogen-bond acceptors (Lipinski definition) is 0. The molecule has 2 rings (SSSR count). The van der Waals surface area contributed by atoms with Crippen LogP contribution in [0.5, 0.6) is 0 Å². The van der Waals surface area contributed by atoms with Crippen molar-refractivity contribution in [3.63, 3.8) is 0 Å². The quantitative estimate of drug-likeness (QED) is 0.582. The lowest BCUT2D eigenvalue weighted by atomic mass is 9.98. The van der Waals surface area contributed by atoms with E-state index >= 15 is 0 Å². The predicted octanol–water partition coefficient (Wildman–Crippen LogP) is 6.05. The van der Waals surface area contributed by atoms with Crippen molar-refractivity contribution in [2.24, 2.45) is 0 Å². The van der Waals surface area contributed by atoms with Gasteiger partial charge in [0.1, 0.15) is 0 Å². The number of alkyl halides is 1. The average molecular weight is 344 g/mol. The first-order valence-corrected chi connectivity index (χ1v) is 7.26. The number of rotatable bonds is 2. The van der Waals surface area contributed by atoms with Gasteiger partial charge in [-0.05, 0) is 58.6 Å². The zero-order valence-electron chi connectivity index (χ0n) is 10.2. The van der Waals surface area contributed by atoms with Gasteiger partial charge in [0.25, 0.3) is 0 Å². The van der Waals surface area contributed by atoms with Crippen molar-refractivity contribution in [3.8, 4) is 0 Å². The van der Waals surface area contributed by atoms with Crippen LogP contribution in [-0.4, -0.2) is 0 Å². The summed E-state index contributed by atoms with van der Waals surface area (Å²) in [4.78, 5) is 0. The first-order chi connectivity index (χ1) is 8.49. The van der Waals surface area contributed by atoms with Crippen molar-refractivity contribution in [2.75, 3.05) is 0 Å². The van der Waals surface area contributed by atoms with Crippen molar-refractivity contribution >= 4 is 39.1 Å². The first-order valence-electron chi connectivity index (χ1n) is 5.65. The van der Waals surface area contributed by atoms with Gasteiger partial charge in [-0.3, -0.25) is 0 Å². The highest BCUT2D eigenvalue weighted by atomic mass is 79.9. The molecule has 0 amide bonds. The van der Waals surface area contributed by atoms with E-state index in [1.54, 1.807) is 0 Å². The minimum atomic E-state index is -0.170. The summed E-state index contributed by atoms with van der Waals surface area (Å²) in [6.45, 7) is 4.16. The third kappa shape index (κ3) is 2.90. The molecule has 1 atom stereocenters. The minimum absolute atomic E-state index is 0.170. The molecule has 94 valence electrons. The molecule has 2 aromatic rings. The molecule has 18 heavy (non-hydrogen) atoms. The van der Waals surface area contributed by atoms with Crippen LogP contribution in [0.1, 0.15) is 27.6 Å². The average Bonchev–Trinajstić information content (AvgIpc) is 2.32. The third-order valence-electron chi connectivity index (χ3n) is 2.93. The molecular formula is C15H13BrCl2. The summed E-state index contributed by atoms with van der Waals surface area (Å²) >= 11 is 16.0. The second-order valence-corrected chi connectivity index (χ2v) is 6.09. The molecule has 2 aromatic carbocycles. The predicted molar refractivity (Wildman–Crippen MR) is 82.8 cm³/mol. The van der Waals surface area contributed by atoms with E-state index in [0.717, 1.165) is 15.6 Å². The molecular weight excluding hydrogens is 331 g/mol. The van der Waals surface area contributed by atoms with Crippen LogP contribution < -0.4 is 0 Å². The second kappa shape index (κ2) is 5.64. The van der Waals surface area contributed by atoms with E-state index in [1.807, 2.05) is 18.2 Å². The summed E-state index contributed by atoms with van der Waals surface area (Å²) in [6.07, 6.45) is 0. The molecule has 0 N–H and O–H groups in total. The van der Waals surface area contributed by atoms with Crippen molar-refractivity contribution in [1.29, 1.82) is 0 Å². The molecule has 0 heterocycles. The summed E-state index contributed by atoms with van der Waals surface area (Å²) in [5, 5.41) is 0.513. The monoisotopic (exact) mass is 342 g/mol. The Hall–Kier alpha value is -0.500. The van der Waals surface area contributed by atoms with Gasteiger partial charge in [0.15, 0.2) is 0 Å². The zero-order chi connectivity index (χ0) is 13.3. The van der Waals surface area contributed by atoms with Crippen LogP contribution in [0.15, 0.2) is 40.9 Å². The largest absolute Gasteiger partial charge is 0.113 e. The Kier molecular flexibility index (Phi) is 4.37. The highest BCUT2D eigenvalue weighted by Gasteiger charge is 2.14. The van der Waals surface area contributed by atoms with Gasteiger partial charge in [-0.15, -0.1) is 11.6 Å². The normalized spacial score (nSPS) is 12.5. The van der Waals surface area contributed by atoms with Crippen molar-refractivity contribution in [2.45, 2.75) is 19.2 Å². The van der Waals surface area contributed by atoms with E-state index < -0.39 is 0 Å². The highest BCUT2D eigenvalue weighted by molar-refractivity contribution is 9.10. The van der Waals surface area contributed by atoms with E-state index in [1.165, 1.54) is 11.1 Å². The Balaban J connectivity index is 2.41. The summed E-state index contributed by atoms with van der Waals surface area (Å²) in [6, 6.07) is 12.1. The van der Waals surface area contributed by atoms with Crippen LogP contribution in [0.25, 0.3) is 0 Å². The summed E-state index contributed by atoms with van der Waals surface area (Å²) < 4.78 is 0.886. The first kappa shape index (κ1) is 13.9. The molecule has 0 bridgehead atoms. The molecule has 0 aliphatic rings. The molecule has 0 fully saturated rings. The maximum Gasteiger partial charge on any atom is 0.0838 e. The highest BCUT2D eigenvalue weighted by Crippen LogP contribution is 2.34. The van der Waals surface area contributed by atoms with E-state index in [0.29, 0.717) is 5.02 Å². The van der Waals surface area contributed by atoms with Gasteiger partial charge in [-0.25, -0.2) is 0 Å². The Morgan fingerprint density at radius 3 is 2.39 bits per heavy atom. The van der Waals surface area contributed by atoms with Gasteiger partial charge in [0.2, 0.25) is 0 Å². The van der Waals surface area contributed by atoms with Crippen molar-refractivity contribution in [3.05, 3.63) is 68.1 Å². The number of hydrogen-bond donors (Lipinski definition) is 0. The van der Waals surface area contributed by atoms with Crippen LogP contribution in [0, 0.1) is 13.8 Å². The Bertz CT molecular complexity index is 579. The molecule has 3 heteroatoms. The van der Waals surface area contributed by atoms with Crippen LogP contribution in [0.3, 0.4) is 0 Å². The van der Waals surface area contributed by atoms with Crippen molar-refractivity contribution < 1.29 is 0 Å². The molecule has 0 aliphatic carbocycles. The maximum atomic E-state index is 6.54. The molecule has 0 radical (unpaired) electrons. The Labute approximate surface area is 126 Å². The summed E-state index contributed by atoms with van der Waals surface area (Å²) in [5.74, 6) is 0. The van der Waals surface area contributed by atoms with Crippen LogP contribution in [0.2, 0.25) is 5.02 Å². The molecule has 0 spiro atoms. The second-order valence-electron chi connectivity index (χ2n) is 4.40. The van der Waals surface area contributed by atoms with Gasteiger partial charge >= 0.3 is 0 Å². The van der Waals surface area contributed by atoms with Gasteiger partial charge < -0.3 is 0 Å². The Morgan fingerprint density at radius 2 is 1.78 bits per heavy atom. The fourth-order valence-electron chi connectivity index (χ4n) is 1.96. The topological polar surface area (TPSA) is 0 Å². The number of benzene rings is 2. The summed E-state index contributed by atoms with van der Waals surface area (Å²) in [7, 11) is 0. The third-order valence-corrected chi connectivity index (χ3v) is 4.65. The summed E-state index contributed by atoms with van der Waals surface area (Å²) in [5.41, 5.74) is 4.58. The van der Waals surface area contributed by atoms with Crippen LogP contribution in [0.4, 0.5) is 0 Å². The lowest BCUT2D eigenvalue weighted by molar-refractivity contribution is 1.10. The molecule has 0 saturated heterocycles. The van der Waals surface area contributed by atoms with Gasteiger partial charge in [-0.1, -0.05) is 41.4 Å². The number of aryl methyl sites for hydroxylation is 2. The lowest BCUT2D eigenvalue weighted by Crippen LogP contribution is -1.97. The molecule has 0 saturated carbocycles. The van der Waals surface area contributed by atoms with E-state index in [4.69, 9.17) is 23.2 Å². The standard InChI is InChI=1S/C15H13BrCl2/c1-9-3-5-12(10(2)7-9)15(18)11-4-6-13(16)14(17)8-11/h3-8,15H,1-2H3. The minimum Gasteiger partial charge on any atom is -0.113 e. The van der Waals surface area contributed by atoms with Gasteiger partial charge in [0.05, 0.1) is 10.4 Å². The lowest BCUT2D eigenvalue weighted by Gasteiger charge is -2.14. The zero-order valence-corrected chi connectivity index (χ0v) is 13.3. The molecule has 0 aromatic heterocycles. The smallest absolute Gasteiger partial charge is 0.0838 e. The van der Waals surface area contributed by atoms with E-state index in [-0.39, 0.29) is 5.38 Å². The van der Waals surface area contributed by atoms with Crippen LogP contribution >= 0.6 is 39.1 Å². The van der Waals surface area contributed by atoms with Gasteiger partial charge in [-0.2, -0.15) is 0 Å². The van der Waals surface area contributed by atoms with Crippen LogP contribution in [-0.2, 0) is 0 Å². The molecule has 0 aliphatic heterocycles. The number of halogens is 3. The van der Waals surface area contributed by atoms with Gasteiger partial charge in [0, 0.05) is 4.47 Å². The van der Waals surface area contributed by atoms with E-state index in [9.17, 15) is 0 Å². The maximum absolute atomic E-state index is 6.54. The fraction of sp³-hybridized carbons (Fsp3) is 0.200. The van der Waals surface area contributed by atoms with Crippen molar-refractivity contribution in [1.82, 2.24) is 0 Å². The Morgan fingerprint density at radius 1 is 1.06 bits per heavy atom. The van der Waals surface area contributed by atoms with E-state index in [2.05, 4.69) is 48.0 Å². The SMILES string of the molecule is Cc1ccc(C(Cl)c2ccc(Br)c(Cl)c2)c(C)c1. The molecule has 0 nitrogen and oxygen atoms in total.